The molecule has 3 aromatic rings. The summed E-state index contributed by atoms with van der Waals surface area (Å²) in [5.41, 5.74) is 1.30. The summed E-state index contributed by atoms with van der Waals surface area (Å²) in [6.45, 7) is 3.48. The van der Waals surface area contributed by atoms with Gasteiger partial charge >= 0.3 is 0 Å². The van der Waals surface area contributed by atoms with Crippen LogP contribution < -0.4 is 10.1 Å². The fourth-order valence-corrected chi connectivity index (χ4v) is 2.58. The molecule has 0 fully saturated rings. The van der Waals surface area contributed by atoms with Crippen LogP contribution in [-0.2, 0) is 11.4 Å². The van der Waals surface area contributed by atoms with Crippen LogP contribution in [0.4, 0.5) is 14.6 Å². The zero-order valence-corrected chi connectivity index (χ0v) is 15.4. The fraction of sp³-hybridized carbons (Fsp3) is 0.190. The molecule has 0 radical (unpaired) electrons. The van der Waals surface area contributed by atoms with Gasteiger partial charge in [-0.05, 0) is 25.5 Å². The minimum Gasteiger partial charge on any atom is -0.486 e. The largest absolute Gasteiger partial charge is 0.486 e. The number of hydrogen-bond donors (Lipinski definition) is 1. The predicted octanol–water partition coefficient (Wildman–Crippen LogP) is 4.31. The van der Waals surface area contributed by atoms with Gasteiger partial charge in [-0.15, -0.1) is 0 Å². The Labute approximate surface area is 161 Å². The van der Waals surface area contributed by atoms with Gasteiger partial charge in [0.15, 0.2) is 17.4 Å². The Kier molecular flexibility index (Phi) is 5.93. The molecule has 1 heterocycles. The van der Waals surface area contributed by atoms with Crippen molar-refractivity contribution in [3.05, 3.63) is 71.4 Å². The first-order valence-corrected chi connectivity index (χ1v) is 8.70. The van der Waals surface area contributed by atoms with Gasteiger partial charge in [-0.3, -0.25) is 0 Å². The van der Waals surface area contributed by atoms with Crippen LogP contribution in [0.15, 0.2) is 48.5 Å². The van der Waals surface area contributed by atoms with Crippen molar-refractivity contribution < 1.29 is 18.3 Å². The average Bonchev–Trinajstić information content (AvgIpc) is 2.68. The lowest BCUT2D eigenvalue weighted by molar-refractivity contribution is -0.108. The number of nitrogens with zero attached hydrogens (tertiary/aromatic N) is 2. The molecule has 0 spiro atoms. The minimum atomic E-state index is -0.715. The van der Waals surface area contributed by atoms with Gasteiger partial charge in [0.25, 0.3) is 0 Å². The number of aromatic nitrogens is 2. The number of rotatable bonds is 7. The quantitative estimate of drug-likeness (QED) is 0.616. The van der Waals surface area contributed by atoms with Crippen LogP contribution in [0.5, 0.6) is 5.75 Å². The number of carbonyl (C=O) groups is 1. The van der Waals surface area contributed by atoms with Crippen LogP contribution in [0.1, 0.15) is 18.2 Å². The van der Waals surface area contributed by atoms with Crippen LogP contribution in [0.25, 0.3) is 11.4 Å². The minimum absolute atomic E-state index is 0.0200. The van der Waals surface area contributed by atoms with E-state index in [-0.39, 0.29) is 23.7 Å². The Morgan fingerprint density at radius 2 is 1.86 bits per heavy atom. The number of ether oxygens (including phenoxy) is 1. The summed E-state index contributed by atoms with van der Waals surface area (Å²) in [6, 6.07) is 12.3. The van der Waals surface area contributed by atoms with Crippen LogP contribution in [0, 0.1) is 18.6 Å². The van der Waals surface area contributed by atoms with Crippen molar-refractivity contribution >= 4 is 12.1 Å². The van der Waals surface area contributed by atoms with Gasteiger partial charge in [-0.2, -0.15) is 0 Å². The van der Waals surface area contributed by atoms with E-state index in [1.165, 1.54) is 0 Å². The maximum atomic E-state index is 14.6. The third kappa shape index (κ3) is 4.68. The molecule has 0 aliphatic rings. The second-order valence-electron chi connectivity index (χ2n) is 6.32. The highest BCUT2D eigenvalue weighted by molar-refractivity contribution is 5.64. The van der Waals surface area contributed by atoms with Crippen LogP contribution in [-0.4, -0.2) is 22.3 Å². The summed E-state index contributed by atoms with van der Waals surface area (Å²) < 4.78 is 34.5. The zero-order valence-electron chi connectivity index (χ0n) is 15.4. The highest BCUT2D eigenvalue weighted by Gasteiger charge is 2.16. The van der Waals surface area contributed by atoms with E-state index in [0.29, 0.717) is 11.5 Å². The summed E-state index contributed by atoms with van der Waals surface area (Å²) in [6.07, 6.45) is 0.718. The summed E-state index contributed by atoms with van der Waals surface area (Å²) in [5.74, 6) is -1.23. The molecule has 1 atom stereocenters. The summed E-state index contributed by atoms with van der Waals surface area (Å²) in [7, 11) is 0. The molecular formula is C21H19F2N3O2. The van der Waals surface area contributed by atoms with Crippen LogP contribution >= 0.6 is 0 Å². The van der Waals surface area contributed by atoms with Gasteiger partial charge in [0.05, 0.1) is 11.6 Å². The first kappa shape index (κ1) is 19.4. The standard InChI is InChI=1S/C21H19F2N3O2/c1-13-8-20(24-14(2)11-27)26-21(25-13)16-9-18(23)19(10-17(16)22)28-12-15-6-4-3-5-7-15/h3-11,14H,12H2,1-2H3,(H,24,25,26). The van der Waals surface area contributed by atoms with E-state index >= 15 is 0 Å². The van der Waals surface area contributed by atoms with Crippen molar-refractivity contribution in [3.8, 4) is 17.1 Å². The Morgan fingerprint density at radius 3 is 2.57 bits per heavy atom. The maximum absolute atomic E-state index is 14.6. The molecule has 0 bridgehead atoms. The lowest BCUT2D eigenvalue weighted by Gasteiger charge is -2.12. The van der Waals surface area contributed by atoms with E-state index in [2.05, 4.69) is 15.3 Å². The second-order valence-corrected chi connectivity index (χ2v) is 6.32. The fourth-order valence-electron chi connectivity index (χ4n) is 2.58. The third-order valence-electron chi connectivity index (χ3n) is 3.93. The zero-order chi connectivity index (χ0) is 20.1. The summed E-state index contributed by atoms with van der Waals surface area (Å²) in [5, 5.41) is 2.87. The molecule has 0 aliphatic carbocycles. The van der Waals surface area contributed by atoms with E-state index in [0.717, 1.165) is 24.0 Å². The molecule has 7 heteroatoms. The lowest BCUT2D eigenvalue weighted by Crippen LogP contribution is -2.17. The highest BCUT2D eigenvalue weighted by Crippen LogP contribution is 2.28. The van der Waals surface area contributed by atoms with E-state index in [1.807, 2.05) is 30.3 Å². The number of aldehydes is 1. The lowest BCUT2D eigenvalue weighted by atomic mass is 10.1. The molecule has 2 aromatic carbocycles. The monoisotopic (exact) mass is 383 g/mol. The predicted molar refractivity (Wildman–Crippen MR) is 102 cm³/mol. The van der Waals surface area contributed by atoms with E-state index in [9.17, 15) is 13.6 Å². The summed E-state index contributed by atoms with van der Waals surface area (Å²) >= 11 is 0. The number of nitrogens with one attached hydrogen (secondary N) is 1. The molecule has 3 rings (SSSR count). The normalized spacial score (nSPS) is 11.7. The van der Waals surface area contributed by atoms with Crippen molar-refractivity contribution in [3.63, 3.8) is 0 Å². The van der Waals surface area contributed by atoms with Crippen molar-refractivity contribution in [1.29, 1.82) is 0 Å². The van der Waals surface area contributed by atoms with Gasteiger partial charge in [0.1, 0.15) is 24.5 Å². The molecular weight excluding hydrogens is 364 g/mol. The average molecular weight is 383 g/mol. The third-order valence-corrected chi connectivity index (χ3v) is 3.93. The number of anilines is 1. The molecule has 1 unspecified atom stereocenters. The number of hydrogen-bond acceptors (Lipinski definition) is 5. The van der Waals surface area contributed by atoms with Crippen molar-refractivity contribution in [2.24, 2.45) is 0 Å². The molecule has 28 heavy (non-hydrogen) atoms. The van der Waals surface area contributed by atoms with Gasteiger partial charge < -0.3 is 14.8 Å². The van der Waals surface area contributed by atoms with Gasteiger partial charge in [-0.25, -0.2) is 18.7 Å². The molecule has 0 aliphatic heterocycles. The molecule has 0 saturated heterocycles. The number of benzene rings is 2. The molecule has 1 N–H and O–H groups in total. The Morgan fingerprint density at radius 1 is 1.11 bits per heavy atom. The van der Waals surface area contributed by atoms with E-state index in [4.69, 9.17) is 4.74 Å². The SMILES string of the molecule is Cc1cc(NC(C)C=O)nc(-c2cc(F)c(OCc3ccccc3)cc2F)n1. The first-order valence-electron chi connectivity index (χ1n) is 8.70. The Hall–Kier alpha value is -3.35. The Balaban J connectivity index is 1.87. The molecule has 1 aromatic heterocycles. The molecule has 5 nitrogen and oxygen atoms in total. The molecule has 144 valence electrons. The first-order chi connectivity index (χ1) is 13.5. The van der Waals surface area contributed by atoms with E-state index < -0.39 is 17.7 Å². The highest BCUT2D eigenvalue weighted by atomic mass is 19.1. The molecule has 0 amide bonds. The second kappa shape index (κ2) is 8.56. The van der Waals surface area contributed by atoms with Crippen molar-refractivity contribution in [1.82, 2.24) is 9.97 Å². The van der Waals surface area contributed by atoms with Crippen LogP contribution in [0.3, 0.4) is 0 Å². The summed E-state index contributed by atoms with van der Waals surface area (Å²) in [4.78, 5) is 19.2. The van der Waals surface area contributed by atoms with Gasteiger partial charge in [0, 0.05) is 17.8 Å². The van der Waals surface area contributed by atoms with Crippen molar-refractivity contribution in [2.75, 3.05) is 5.32 Å². The van der Waals surface area contributed by atoms with Gasteiger partial charge in [-0.1, -0.05) is 30.3 Å². The number of aryl methyl sites for hydroxylation is 1. The van der Waals surface area contributed by atoms with Gasteiger partial charge in [0.2, 0.25) is 0 Å². The Bertz CT molecular complexity index is 981. The van der Waals surface area contributed by atoms with Crippen LogP contribution in [0.2, 0.25) is 0 Å². The van der Waals surface area contributed by atoms with E-state index in [1.54, 1.807) is 19.9 Å². The topological polar surface area (TPSA) is 64.1 Å². The molecule has 0 saturated carbocycles. The number of carbonyl (C=O) groups excluding carboxylic acids is 1. The number of halogens is 2. The maximum Gasteiger partial charge on any atom is 0.166 e. The smallest absolute Gasteiger partial charge is 0.166 e. The van der Waals surface area contributed by atoms with Crippen molar-refractivity contribution in [2.45, 2.75) is 26.5 Å².